The Labute approximate surface area is 152 Å². The Balaban J connectivity index is 2.21. The van der Waals surface area contributed by atoms with Crippen LogP contribution in [-0.2, 0) is 13.1 Å². The highest BCUT2D eigenvalue weighted by atomic mass is 16.2. The summed E-state index contributed by atoms with van der Waals surface area (Å²) in [6, 6.07) is 10.0. The highest BCUT2D eigenvalue weighted by Crippen LogP contribution is 2.24. The van der Waals surface area contributed by atoms with Gasteiger partial charge >= 0.3 is 5.69 Å². The first kappa shape index (κ1) is 18.0. The van der Waals surface area contributed by atoms with Crippen LogP contribution in [-0.4, -0.2) is 28.2 Å². The number of aromatic amines is 1. The molecule has 0 unspecified atom stereocenters. The number of fused-ring (bicyclic) bond motifs is 1. The number of rotatable bonds is 6. The molecule has 0 aliphatic rings. The Morgan fingerprint density at radius 3 is 2.15 bits per heavy atom. The average Bonchev–Trinajstić information content (AvgIpc) is 3.08. The summed E-state index contributed by atoms with van der Waals surface area (Å²) >= 11 is 0. The molecule has 6 nitrogen and oxygen atoms in total. The third-order valence-corrected chi connectivity index (χ3v) is 4.60. The van der Waals surface area contributed by atoms with Crippen LogP contribution in [0.25, 0.3) is 22.3 Å². The van der Waals surface area contributed by atoms with Crippen molar-refractivity contribution < 1.29 is 0 Å². The van der Waals surface area contributed by atoms with Gasteiger partial charge in [0.05, 0.1) is 5.52 Å². The molecule has 0 saturated carbocycles. The van der Waals surface area contributed by atoms with Crippen LogP contribution in [0, 0.1) is 0 Å². The quantitative estimate of drug-likeness (QED) is 0.740. The van der Waals surface area contributed by atoms with Crippen LogP contribution in [0.5, 0.6) is 0 Å². The predicted octanol–water partition coefficient (Wildman–Crippen LogP) is 3.04. The van der Waals surface area contributed by atoms with Crippen LogP contribution in [0.2, 0.25) is 0 Å². The number of hydrogen-bond acceptors (Lipinski definition) is 3. The van der Waals surface area contributed by atoms with Crippen molar-refractivity contribution in [1.82, 2.24) is 14.1 Å². The number of nitrogens with one attached hydrogen (secondary N) is 1. The van der Waals surface area contributed by atoms with Crippen LogP contribution >= 0.6 is 0 Å². The lowest BCUT2D eigenvalue weighted by Gasteiger charge is -2.12. The van der Waals surface area contributed by atoms with Crippen molar-refractivity contribution in [3.05, 3.63) is 51.2 Å². The molecule has 2 aromatic heterocycles. The van der Waals surface area contributed by atoms with Crippen LogP contribution in [0.15, 0.2) is 39.9 Å². The molecule has 0 saturated heterocycles. The van der Waals surface area contributed by atoms with E-state index in [1.807, 2.05) is 63.2 Å². The van der Waals surface area contributed by atoms with Gasteiger partial charge in [-0.25, -0.2) is 4.79 Å². The van der Waals surface area contributed by atoms with Crippen molar-refractivity contribution in [1.29, 1.82) is 0 Å². The molecule has 0 radical (unpaired) electrons. The third kappa shape index (κ3) is 3.07. The lowest BCUT2D eigenvalue weighted by atomic mass is 10.1. The Morgan fingerprint density at radius 1 is 0.962 bits per heavy atom. The molecule has 0 aliphatic heterocycles. The highest BCUT2D eigenvalue weighted by Gasteiger charge is 2.15. The minimum absolute atomic E-state index is 0.222. The first-order valence-electron chi connectivity index (χ1n) is 9.12. The van der Waals surface area contributed by atoms with E-state index in [0.29, 0.717) is 24.1 Å². The minimum Gasteiger partial charge on any atom is -0.378 e. The maximum absolute atomic E-state index is 12.8. The van der Waals surface area contributed by atoms with Gasteiger partial charge in [-0.05, 0) is 36.6 Å². The molecule has 1 aromatic carbocycles. The molecule has 3 rings (SSSR count). The summed E-state index contributed by atoms with van der Waals surface area (Å²) in [4.78, 5) is 30.8. The third-order valence-electron chi connectivity index (χ3n) is 4.60. The second-order valence-electron chi connectivity index (χ2n) is 6.78. The molecule has 26 heavy (non-hydrogen) atoms. The predicted molar refractivity (Wildman–Crippen MR) is 107 cm³/mol. The van der Waals surface area contributed by atoms with Crippen molar-refractivity contribution in [2.24, 2.45) is 0 Å². The normalized spacial score (nSPS) is 11.2. The highest BCUT2D eigenvalue weighted by molar-refractivity contribution is 5.82. The van der Waals surface area contributed by atoms with Crippen LogP contribution in [0.3, 0.4) is 0 Å². The fourth-order valence-corrected chi connectivity index (χ4v) is 3.25. The lowest BCUT2D eigenvalue weighted by molar-refractivity contribution is 0.558. The van der Waals surface area contributed by atoms with E-state index in [-0.39, 0.29) is 11.2 Å². The Hall–Kier alpha value is -2.76. The van der Waals surface area contributed by atoms with Gasteiger partial charge in [-0.15, -0.1) is 0 Å². The maximum Gasteiger partial charge on any atom is 0.331 e. The Morgan fingerprint density at radius 2 is 1.58 bits per heavy atom. The Kier molecular flexibility index (Phi) is 5.02. The molecule has 138 valence electrons. The zero-order valence-electron chi connectivity index (χ0n) is 15.9. The van der Waals surface area contributed by atoms with Gasteiger partial charge in [0.1, 0.15) is 5.52 Å². The molecule has 0 atom stereocenters. The molecule has 0 aliphatic carbocycles. The van der Waals surface area contributed by atoms with E-state index in [0.717, 1.165) is 29.8 Å². The molecule has 0 fully saturated rings. The van der Waals surface area contributed by atoms with E-state index in [9.17, 15) is 9.59 Å². The van der Waals surface area contributed by atoms with Gasteiger partial charge in [0, 0.05) is 38.6 Å². The fourth-order valence-electron chi connectivity index (χ4n) is 3.25. The first-order valence-corrected chi connectivity index (χ1v) is 9.12. The van der Waals surface area contributed by atoms with E-state index >= 15 is 0 Å². The van der Waals surface area contributed by atoms with E-state index in [1.54, 1.807) is 4.57 Å². The molecule has 0 amide bonds. The Bertz CT molecular complexity index is 1020. The van der Waals surface area contributed by atoms with Gasteiger partial charge in [-0.1, -0.05) is 26.0 Å². The van der Waals surface area contributed by atoms with Gasteiger partial charge in [0.2, 0.25) is 0 Å². The molecule has 6 heteroatoms. The average molecular weight is 354 g/mol. The minimum atomic E-state index is -0.240. The molecular weight excluding hydrogens is 328 g/mol. The van der Waals surface area contributed by atoms with Gasteiger partial charge < -0.3 is 9.88 Å². The number of aromatic nitrogens is 3. The lowest BCUT2D eigenvalue weighted by Crippen LogP contribution is -2.39. The molecule has 2 heterocycles. The second-order valence-corrected chi connectivity index (χ2v) is 6.78. The van der Waals surface area contributed by atoms with Crippen molar-refractivity contribution in [2.45, 2.75) is 39.8 Å². The van der Waals surface area contributed by atoms with Gasteiger partial charge in [-0.3, -0.25) is 13.9 Å². The smallest absolute Gasteiger partial charge is 0.331 e. The fraction of sp³-hybridized carbons (Fsp3) is 0.400. The van der Waals surface area contributed by atoms with Crippen LogP contribution in [0.4, 0.5) is 5.69 Å². The number of hydrogen-bond donors (Lipinski definition) is 1. The van der Waals surface area contributed by atoms with Crippen molar-refractivity contribution in [3.63, 3.8) is 0 Å². The number of aryl methyl sites for hydroxylation is 1. The summed E-state index contributed by atoms with van der Waals surface area (Å²) in [7, 11) is 4.00. The van der Waals surface area contributed by atoms with Gasteiger partial charge in [-0.2, -0.15) is 0 Å². The summed E-state index contributed by atoms with van der Waals surface area (Å²) in [5.41, 5.74) is 3.66. The molecular formula is C20H26N4O2. The van der Waals surface area contributed by atoms with Crippen molar-refractivity contribution >= 4 is 16.7 Å². The summed E-state index contributed by atoms with van der Waals surface area (Å²) in [6.07, 6.45) is 1.57. The number of benzene rings is 1. The van der Waals surface area contributed by atoms with E-state index in [4.69, 9.17) is 0 Å². The van der Waals surface area contributed by atoms with Crippen LogP contribution < -0.4 is 16.1 Å². The van der Waals surface area contributed by atoms with Crippen molar-refractivity contribution in [2.75, 3.05) is 19.0 Å². The first-order chi connectivity index (χ1) is 12.5. The monoisotopic (exact) mass is 354 g/mol. The molecule has 0 spiro atoms. The largest absolute Gasteiger partial charge is 0.378 e. The molecule has 0 bridgehead atoms. The van der Waals surface area contributed by atoms with Gasteiger partial charge in [0.25, 0.3) is 5.56 Å². The molecule has 3 aromatic rings. The van der Waals surface area contributed by atoms with E-state index in [1.165, 1.54) is 4.57 Å². The standard InChI is InChI=1S/C20H26N4O2/c1-5-11-23-17-13-16(14-7-9-15(10-8-14)22(3)4)21-18(17)19(25)24(12-6-2)20(23)26/h7-10,13,21H,5-6,11-12H2,1-4H3. The maximum atomic E-state index is 12.8. The SMILES string of the molecule is CCCn1c(=O)c2[nH]c(-c3ccc(N(C)C)cc3)cc2n(CCC)c1=O. The zero-order valence-corrected chi connectivity index (χ0v) is 15.9. The second kappa shape index (κ2) is 7.23. The van der Waals surface area contributed by atoms with Gasteiger partial charge in [0.15, 0.2) is 0 Å². The summed E-state index contributed by atoms with van der Waals surface area (Å²) in [5, 5.41) is 0. The van der Waals surface area contributed by atoms with Crippen LogP contribution in [0.1, 0.15) is 26.7 Å². The van der Waals surface area contributed by atoms with Crippen molar-refractivity contribution in [3.8, 4) is 11.3 Å². The number of anilines is 1. The topological polar surface area (TPSA) is 63.0 Å². The number of H-pyrrole nitrogens is 1. The molecule has 1 N–H and O–H groups in total. The summed E-state index contributed by atoms with van der Waals surface area (Å²) < 4.78 is 3.05. The summed E-state index contributed by atoms with van der Waals surface area (Å²) in [6.45, 7) is 5.02. The number of nitrogens with zero attached hydrogens (tertiary/aromatic N) is 3. The van der Waals surface area contributed by atoms with E-state index in [2.05, 4.69) is 4.98 Å². The summed E-state index contributed by atoms with van der Waals surface area (Å²) in [5.74, 6) is 0. The zero-order chi connectivity index (χ0) is 18.8. The van der Waals surface area contributed by atoms with E-state index < -0.39 is 0 Å².